The quantitative estimate of drug-likeness (QED) is 0.0659. The summed E-state index contributed by atoms with van der Waals surface area (Å²) < 4.78 is 0. The number of unbranched alkanes of at least 4 members (excludes halogenated alkanes) is 31. The molecular weight excluding hydrogens is 581 g/mol. The van der Waals surface area contributed by atoms with Gasteiger partial charge in [-0.25, -0.2) is 0 Å². The van der Waals surface area contributed by atoms with Crippen molar-refractivity contribution >= 4 is 5.69 Å². The third kappa shape index (κ3) is 23.1. The molecule has 0 aliphatic carbocycles. The molecule has 0 amide bonds. The Morgan fingerprint density at radius 1 is 0.375 bits per heavy atom. The van der Waals surface area contributed by atoms with Crippen LogP contribution in [0.2, 0.25) is 0 Å². The summed E-state index contributed by atoms with van der Waals surface area (Å²) in [5, 5.41) is 0. The second-order valence-corrected chi connectivity index (χ2v) is 15.5. The van der Waals surface area contributed by atoms with Gasteiger partial charge < -0.3 is 9.80 Å². The van der Waals surface area contributed by atoms with Crippen molar-refractivity contribution < 1.29 is 0 Å². The molecule has 1 aromatic carbocycles. The summed E-state index contributed by atoms with van der Waals surface area (Å²) in [6.07, 6.45) is 54.0. The minimum Gasteiger partial charge on any atom is -0.356 e. The van der Waals surface area contributed by atoms with E-state index in [1.807, 2.05) is 0 Å². The minimum atomic E-state index is 0.500. The summed E-state index contributed by atoms with van der Waals surface area (Å²) in [6, 6.07) is 11.1. The van der Waals surface area contributed by atoms with Crippen molar-refractivity contribution in [2.45, 2.75) is 238 Å². The first kappa shape index (κ1) is 42.7. The molecule has 1 aromatic rings. The molecule has 0 bridgehead atoms. The first-order valence-corrected chi connectivity index (χ1v) is 22.1. The molecule has 1 aliphatic heterocycles. The van der Waals surface area contributed by atoms with Gasteiger partial charge in [-0.2, -0.15) is 0 Å². The molecule has 0 saturated heterocycles. The van der Waals surface area contributed by atoms with E-state index in [1.165, 1.54) is 231 Å². The molecule has 0 radical (unpaired) electrons. The average molecular weight is 665 g/mol. The highest BCUT2D eigenvalue weighted by Gasteiger charge is 2.26. The van der Waals surface area contributed by atoms with Gasteiger partial charge in [0, 0.05) is 24.6 Å². The standard InChI is InChI=1S/C46H84N2/c1-3-5-7-9-11-13-15-17-19-21-23-25-27-29-31-33-38-42-47-43-44-48(45-39-35-34-36-40-45)46(47)41-37-32-30-28-26-24-22-20-18-16-14-12-10-8-6-4-2/h34-36,39-40,43-44,46H,3-33,37-38,41-42H2,1-2H3. The van der Waals surface area contributed by atoms with Crippen LogP contribution in [0.4, 0.5) is 5.69 Å². The van der Waals surface area contributed by atoms with Crippen LogP contribution in [0.15, 0.2) is 42.7 Å². The summed E-state index contributed by atoms with van der Waals surface area (Å²) in [5.74, 6) is 0. The number of benzene rings is 1. The zero-order valence-corrected chi connectivity index (χ0v) is 32.8. The van der Waals surface area contributed by atoms with E-state index in [1.54, 1.807) is 0 Å². The molecule has 0 N–H and O–H groups in total. The Labute approximate surface area is 302 Å². The molecule has 0 spiro atoms. The lowest BCUT2D eigenvalue weighted by molar-refractivity contribution is 0.273. The highest BCUT2D eigenvalue weighted by molar-refractivity contribution is 5.51. The molecule has 278 valence electrons. The molecule has 1 unspecified atom stereocenters. The summed E-state index contributed by atoms with van der Waals surface area (Å²) in [5.41, 5.74) is 1.35. The fourth-order valence-electron chi connectivity index (χ4n) is 7.80. The van der Waals surface area contributed by atoms with E-state index in [2.05, 4.69) is 66.4 Å². The maximum atomic E-state index is 2.66. The third-order valence-electron chi connectivity index (χ3n) is 11.0. The smallest absolute Gasteiger partial charge is 0.105 e. The fourth-order valence-corrected chi connectivity index (χ4v) is 7.80. The molecule has 1 atom stereocenters. The van der Waals surface area contributed by atoms with E-state index < -0.39 is 0 Å². The van der Waals surface area contributed by atoms with Gasteiger partial charge >= 0.3 is 0 Å². The fraction of sp³-hybridized carbons (Fsp3) is 0.826. The van der Waals surface area contributed by atoms with Gasteiger partial charge in [0.25, 0.3) is 0 Å². The number of rotatable bonds is 36. The van der Waals surface area contributed by atoms with Crippen LogP contribution in [0.5, 0.6) is 0 Å². The highest BCUT2D eigenvalue weighted by Crippen LogP contribution is 2.28. The van der Waals surface area contributed by atoms with Gasteiger partial charge in [0.05, 0.1) is 0 Å². The molecule has 0 saturated carbocycles. The minimum absolute atomic E-state index is 0.500. The molecule has 48 heavy (non-hydrogen) atoms. The van der Waals surface area contributed by atoms with Crippen LogP contribution in [-0.4, -0.2) is 17.6 Å². The van der Waals surface area contributed by atoms with Crippen molar-refractivity contribution in [3.63, 3.8) is 0 Å². The Bertz CT molecular complexity index is 804. The summed E-state index contributed by atoms with van der Waals surface area (Å²) in [4.78, 5) is 5.20. The van der Waals surface area contributed by atoms with Crippen LogP contribution in [0.1, 0.15) is 232 Å². The second kappa shape index (κ2) is 32.7. The summed E-state index contributed by atoms with van der Waals surface area (Å²) in [6.45, 7) is 5.83. The van der Waals surface area contributed by atoms with Crippen LogP contribution in [0.3, 0.4) is 0 Å². The van der Waals surface area contributed by atoms with Gasteiger partial charge in [-0.1, -0.05) is 231 Å². The Morgan fingerprint density at radius 3 is 1.08 bits per heavy atom. The number of nitrogens with zero attached hydrogens (tertiary/aromatic N) is 2. The normalized spacial score (nSPS) is 14.5. The molecule has 1 aliphatic rings. The molecule has 1 heterocycles. The Kier molecular flexibility index (Phi) is 29.1. The number of anilines is 1. The lowest BCUT2D eigenvalue weighted by Gasteiger charge is -2.33. The average Bonchev–Trinajstić information content (AvgIpc) is 3.52. The monoisotopic (exact) mass is 665 g/mol. The van der Waals surface area contributed by atoms with E-state index in [9.17, 15) is 0 Å². The Hall–Kier alpha value is -1.44. The van der Waals surface area contributed by atoms with Crippen LogP contribution in [0.25, 0.3) is 0 Å². The van der Waals surface area contributed by atoms with E-state index in [0.717, 1.165) is 0 Å². The Balaban J connectivity index is 1.47. The van der Waals surface area contributed by atoms with Crippen molar-refractivity contribution in [1.29, 1.82) is 0 Å². The van der Waals surface area contributed by atoms with Crippen molar-refractivity contribution in [3.05, 3.63) is 42.7 Å². The van der Waals surface area contributed by atoms with Gasteiger partial charge in [0.2, 0.25) is 0 Å². The second-order valence-electron chi connectivity index (χ2n) is 15.5. The van der Waals surface area contributed by atoms with E-state index in [0.29, 0.717) is 6.17 Å². The zero-order valence-electron chi connectivity index (χ0n) is 32.8. The molecule has 2 nitrogen and oxygen atoms in total. The zero-order chi connectivity index (χ0) is 34.0. The first-order valence-electron chi connectivity index (χ1n) is 22.1. The van der Waals surface area contributed by atoms with E-state index >= 15 is 0 Å². The predicted molar refractivity (Wildman–Crippen MR) is 217 cm³/mol. The van der Waals surface area contributed by atoms with Gasteiger partial charge in [0.1, 0.15) is 6.17 Å². The predicted octanol–water partition coefficient (Wildman–Crippen LogP) is 15.9. The first-order chi connectivity index (χ1) is 23.9. The molecule has 0 aromatic heterocycles. The lowest BCUT2D eigenvalue weighted by atomic mass is 10.0. The van der Waals surface area contributed by atoms with Crippen LogP contribution >= 0.6 is 0 Å². The topological polar surface area (TPSA) is 6.48 Å². The van der Waals surface area contributed by atoms with E-state index in [4.69, 9.17) is 0 Å². The van der Waals surface area contributed by atoms with Gasteiger partial charge in [-0.05, 0) is 31.4 Å². The van der Waals surface area contributed by atoms with Gasteiger partial charge in [0.15, 0.2) is 0 Å². The Morgan fingerprint density at radius 2 is 0.708 bits per heavy atom. The number of para-hydroxylation sites is 1. The van der Waals surface area contributed by atoms with Crippen molar-refractivity contribution in [2.24, 2.45) is 0 Å². The highest BCUT2D eigenvalue weighted by atomic mass is 15.4. The third-order valence-corrected chi connectivity index (χ3v) is 11.0. The van der Waals surface area contributed by atoms with Crippen LogP contribution in [-0.2, 0) is 0 Å². The van der Waals surface area contributed by atoms with Crippen molar-refractivity contribution in [2.75, 3.05) is 11.4 Å². The molecule has 0 fully saturated rings. The van der Waals surface area contributed by atoms with E-state index in [-0.39, 0.29) is 0 Å². The van der Waals surface area contributed by atoms with Crippen LogP contribution < -0.4 is 4.90 Å². The van der Waals surface area contributed by atoms with Gasteiger partial charge in [-0.3, -0.25) is 0 Å². The number of hydrogen-bond donors (Lipinski definition) is 0. The molecule has 2 heteroatoms. The molecule has 2 rings (SSSR count). The van der Waals surface area contributed by atoms with Crippen molar-refractivity contribution in [3.8, 4) is 0 Å². The summed E-state index contributed by atoms with van der Waals surface area (Å²) >= 11 is 0. The largest absolute Gasteiger partial charge is 0.356 e. The van der Waals surface area contributed by atoms with Crippen LogP contribution in [0, 0.1) is 0 Å². The maximum absolute atomic E-state index is 2.66. The molecular formula is C46H84N2. The van der Waals surface area contributed by atoms with Gasteiger partial charge in [-0.15, -0.1) is 0 Å². The van der Waals surface area contributed by atoms with Crippen molar-refractivity contribution in [1.82, 2.24) is 4.90 Å². The summed E-state index contributed by atoms with van der Waals surface area (Å²) in [7, 11) is 0. The SMILES string of the molecule is CCCCCCCCCCCCCCCCCCCN1C=CN(c2ccccc2)C1CCCCCCCCCCCCCCCCCC. The maximum Gasteiger partial charge on any atom is 0.105 e. The number of hydrogen-bond acceptors (Lipinski definition) is 2. The lowest BCUT2D eigenvalue weighted by Crippen LogP contribution is -2.39.